The normalized spacial score (nSPS) is 26.0. The van der Waals surface area contributed by atoms with Gasteiger partial charge in [-0.1, -0.05) is 41.9 Å². The lowest BCUT2D eigenvalue weighted by Crippen LogP contribution is -2.38. The highest BCUT2D eigenvalue weighted by Crippen LogP contribution is 2.30. The van der Waals surface area contributed by atoms with Crippen LogP contribution < -0.4 is 10.2 Å². The van der Waals surface area contributed by atoms with Crippen LogP contribution in [0, 0.1) is 0 Å². The zero-order chi connectivity index (χ0) is 20.4. The van der Waals surface area contributed by atoms with Crippen LogP contribution in [0.1, 0.15) is 17.5 Å². The standard InChI is InChI=1S/C22H25ClN2O4/c23-16-6-3-4-14(10-16)12-24-13-19-22(28)21(27)18(29-19)11-20(26)25-9-8-15-5-1-2-7-17(15)25/h1-7,10,18-19,21-22,24,27-28H,8-9,11-13H2/t18-,19+,21-,22+/m0/s1. The molecular formula is C22H25ClN2O4. The zero-order valence-corrected chi connectivity index (χ0v) is 16.8. The Morgan fingerprint density at radius 2 is 1.93 bits per heavy atom. The van der Waals surface area contributed by atoms with E-state index >= 15 is 0 Å². The maximum Gasteiger partial charge on any atom is 0.229 e. The van der Waals surface area contributed by atoms with Gasteiger partial charge in [-0.25, -0.2) is 0 Å². The average Bonchev–Trinajstić information content (AvgIpc) is 3.25. The van der Waals surface area contributed by atoms with E-state index in [-0.39, 0.29) is 12.3 Å². The number of nitrogens with one attached hydrogen (secondary N) is 1. The van der Waals surface area contributed by atoms with Crippen molar-refractivity contribution in [3.05, 3.63) is 64.7 Å². The molecule has 6 nitrogen and oxygen atoms in total. The van der Waals surface area contributed by atoms with E-state index < -0.39 is 24.4 Å². The predicted octanol–water partition coefficient (Wildman–Crippen LogP) is 1.90. The van der Waals surface area contributed by atoms with Crippen molar-refractivity contribution < 1.29 is 19.7 Å². The molecule has 2 aliphatic rings. The molecule has 0 saturated carbocycles. The minimum Gasteiger partial charge on any atom is -0.388 e. The van der Waals surface area contributed by atoms with Gasteiger partial charge in [-0.05, 0) is 35.7 Å². The number of aliphatic hydroxyl groups excluding tert-OH is 2. The summed E-state index contributed by atoms with van der Waals surface area (Å²) in [5, 5.41) is 24.6. The fraction of sp³-hybridized carbons (Fsp3) is 0.409. The van der Waals surface area contributed by atoms with Crippen LogP contribution in [0.5, 0.6) is 0 Å². The number of nitrogens with zero attached hydrogens (tertiary/aromatic N) is 1. The number of halogens is 1. The first-order valence-electron chi connectivity index (χ1n) is 9.88. The fourth-order valence-electron chi connectivity index (χ4n) is 4.05. The second-order valence-corrected chi connectivity index (χ2v) is 8.02. The molecule has 2 heterocycles. The van der Waals surface area contributed by atoms with Gasteiger partial charge in [0.25, 0.3) is 0 Å². The number of ether oxygens (including phenoxy) is 1. The van der Waals surface area contributed by atoms with Crippen LogP contribution >= 0.6 is 11.6 Å². The molecule has 0 spiro atoms. The second-order valence-electron chi connectivity index (χ2n) is 7.58. The molecule has 0 unspecified atom stereocenters. The average molecular weight is 417 g/mol. The summed E-state index contributed by atoms with van der Waals surface area (Å²) in [4.78, 5) is 14.5. The Kier molecular flexibility index (Phi) is 6.18. The number of hydrogen-bond donors (Lipinski definition) is 3. The molecule has 3 N–H and O–H groups in total. The molecule has 0 aromatic heterocycles. The molecule has 154 valence electrons. The van der Waals surface area contributed by atoms with Gasteiger partial charge in [-0.2, -0.15) is 0 Å². The molecule has 1 fully saturated rings. The van der Waals surface area contributed by atoms with Crippen molar-refractivity contribution >= 4 is 23.2 Å². The van der Waals surface area contributed by atoms with Crippen LogP contribution in [-0.4, -0.2) is 53.6 Å². The second kappa shape index (κ2) is 8.81. The molecule has 7 heteroatoms. The van der Waals surface area contributed by atoms with Crippen LogP contribution in [0.15, 0.2) is 48.5 Å². The first kappa shape index (κ1) is 20.3. The third kappa shape index (κ3) is 4.47. The molecule has 2 aliphatic heterocycles. The van der Waals surface area contributed by atoms with Gasteiger partial charge in [0.2, 0.25) is 5.91 Å². The third-order valence-corrected chi connectivity index (χ3v) is 5.82. The van der Waals surface area contributed by atoms with Gasteiger partial charge in [0.1, 0.15) is 12.2 Å². The molecule has 1 saturated heterocycles. The summed E-state index contributed by atoms with van der Waals surface area (Å²) in [6.07, 6.45) is -2.55. The Balaban J connectivity index is 1.31. The number of fused-ring (bicyclic) bond motifs is 1. The summed E-state index contributed by atoms with van der Waals surface area (Å²) < 4.78 is 5.83. The van der Waals surface area contributed by atoms with Crippen LogP contribution in [-0.2, 0) is 22.5 Å². The maximum absolute atomic E-state index is 12.8. The van der Waals surface area contributed by atoms with Crippen molar-refractivity contribution in [3.63, 3.8) is 0 Å². The Labute approximate surface area is 175 Å². The van der Waals surface area contributed by atoms with Crippen molar-refractivity contribution in [2.45, 2.75) is 43.8 Å². The van der Waals surface area contributed by atoms with Crippen LogP contribution in [0.3, 0.4) is 0 Å². The van der Waals surface area contributed by atoms with E-state index in [9.17, 15) is 15.0 Å². The number of rotatable bonds is 6. The summed E-state index contributed by atoms with van der Waals surface area (Å²) in [5.74, 6) is -0.0984. The number of carbonyl (C=O) groups excluding carboxylic acids is 1. The summed E-state index contributed by atoms with van der Waals surface area (Å²) in [6.45, 7) is 1.56. The van der Waals surface area contributed by atoms with Gasteiger partial charge in [-0.3, -0.25) is 4.79 Å². The number of carbonyl (C=O) groups is 1. The number of aliphatic hydroxyl groups is 2. The van der Waals surface area contributed by atoms with Crippen molar-refractivity contribution in [1.82, 2.24) is 5.32 Å². The van der Waals surface area contributed by atoms with Crippen LogP contribution in [0.2, 0.25) is 5.02 Å². The highest BCUT2D eigenvalue weighted by molar-refractivity contribution is 6.30. The Bertz CT molecular complexity index is 877. The van der Waals surface area contributed by atoms with Gasteiger partial charge in [0.15, 0.2) is 0 Å². The lowest BCUT2D eigenvalue weighted by molar-refractivity contribution is -0.122. The summed E-state index contributed by atoms with van der Waals surface area (Å²) in [6, 6.07) is 15.3. The van der Waals surface area contributed by atoms with Crippen molar-refractivity contribution in [1.29, 1.82) is 0 Å². The highest BCUT2D eigenvalue weighted by atomic mass is 35.5. The lowest BCUT2D eigenvalue weighted by atomic mass is 10.0. The minimum atomic E-state index is -1.09. The molecule has 4 rings (SSSR count). The molecule has 0 radical (unpaired) electrons. The van der Waals surface area contributed by atoms with Crippen molar-refractivity contribution in [2.24, 2.45) is 0 Å². The minimum absolute atomic E-state index is 0.0390. The van der Waals surface area contributed by atoms with Gasteiger partial charge in [0.05, 0.1) is 18.6 Å². The summed E-state index contributed by atoms with van der Waals surface area (Å²) in [5.41, 5.74) is 3.09. The molecule has 1 amide bonds. The number of amides is 1. The number of para-hydroxylation sites is 1. The summed E-state index contributed by atoms with van der Waals surface area (Å²) in [7, 11) is 0. The lowest BCUT2D eigenvalue weighted by Gasteiger charge is -2.21. The van der Waals surface area contributed by atoms with E-state index in [1.54, 1.807) is 4.90 Å². The van der Waals surface area contributed by atoms with Gasteiger partial charge < -0.3 is 25.2 Å². The van der Waals surface area contributed by atoms with Crippen molar-refractivity contribution in [3.8, 4) is 0 Å². The number of hydrogen-bond acceptors (Lipinski definition) is 5. The number of benzene rings is 2. The van der Waals surface area contributed by atoms with E-state index in [1.165, 1.54) is 0 Å². The smallest absolute Gasteiger partial charge is 0.229 e. The van der Waals surface area contributed by atoms with Gasteiger partial charge >= 0.3 is 0 Å². The van der Waals surface area contributed by atoms with Gasteiger partial charge in [0, 0.05) is 30.3 Å². The molecule has 0 bridgehead atoms. The molecular weight excluding hydrogens is 392 g/mol. The van der Waals surface area contributed by atoms with Gasteiger partial charge in [-0.15, -0.1) is 0 Å². The quantitative estimate of drug-likeness (QED) is 0.670. The zero-order valence-electron chi connectivity index (χ0n) is 16.0. The first-order chi connectivity index (χ1) is 14.0. The number of anilines is 1. The van der Waals surface area contributed by atoms with E-state index in [2.05, 4.69) is 5.32 Å². The Morgan fingerprint density at radius 1 is 1.14 bits per heavy atom. The third-order valence-electron chi connectivity index (χ3n) is 5.59. The SMILES string of the molecule is O=C(C[C@@H]1O[C@H](CNCc2cccc(Cl)c2)[C@@H](O)[C@H]1O)N1CCc2ccccc21. The topological polar surface area (TPSA) is 82.0 Å². The molecule has 0 aliphatic carbocycles. The van der Waals surface area contributed by atoms with Crippen LogP contribution in [0.4, 0.5) is 5.69 Å². The van der Waals surface area contributed by atoms with E-state index in [4.69, 9.17) is 16.3 Å². The maximum atomic E-state index is 12.8. The molecule has 2 aromatic rings. The molecule has 29 heavy (non-hydrogen) atoms. The summed E-state index contributed by atoms with van der Waals surface area (Å²) >= 11 is 5.98. The largest absolute Gasteiger partial charge is 0.388 e. The Morgan fingerprint density at radius 3 is 2.76 bits per heavy atom. The van der Waals surface area contributed by atoms with Crippen molar-refractivity contribution in [2.75, 3.05) is 18.0 Å². The fourth-order valence-corrected chi connectivity index (χ4v) is 4.26. The van der Waals surface area contributed by atoms with E-state index in [1.807, 2.05) is 48.5 Å². The molecule has 2 aromatic carbocycles. The molecule has 4 atom stereocenters. The van der Waals surface area contributed by atoms with E-state index in [0.29, 0.717) is 24.7 Å². The Hall–Kier alpha value is -1.96. The predicted molar refractivity (Wildman–Crippen MR) is 111 cm³/mol. The highest BCUT2D eigenvalue weighted by Gasteiger charge is 2.43. The van der Waals surface area contributed by atoms with Crippen LogP contribution in [0.25, 0.3) is 0 Å². The van der Waals surface area contributed by atoms with E-state index in [0.717, 1.165) is 23.2 Å². The first-order valence-corrected chi connectivity index (χ1v) is 10.3. The monoisotopic (exact) mass is 416 g/mol.